The lowest BCUT2D eigenvalue weighted by atomic mass is 10.0. The van der Waals surface area contributed by atoms with E-state index in [1.807, 2.05) is 74.5 Å². The molecule has 14 heteroatoms. The number of amides is 4. The first-order valence-corrected chi connectivity index (χ1v) is 17.6. The van der Waals surface area contributed by atoms with Gasteiger partial charge in [-0.15, -0.1) is 0 Å². The molecule has 1 aliphatic heterocycles. The SMILES string of the molecule is CC(C)CC(NC(=O)Cc1ccc(NC(=S)Nc2ccccc2)cc1)C(=O)N[C@@H](CC(=O)O)C(=O)NC(Cc1ccccc1)C(=O)N1CCOCC1. The topological polar surface area (TPSA) is 178 Å². The number of carboxylic acids is 1. The van der Waals surface area contributed by atoms with Crippen LogP contribution in [0.2, 0.25) is 0 Å². The molecule has 0 aliphatic carbocycles. The van der Waals surface area contributed by atoms with Crippen LogP contribution in [0.3, 0.4) is 0 Å². The van der Waals surface area contributed by atoms with Gasteiger partial charge < -0.3 is 41.3 Å². The molecule has 4 rings (SSSR count). The molecule has 0 aromatic heterocycles. The van der Waals surface area contributed by atoms with E-state index in [1.165, 1.54) is 0 Å². The van der Waals surface area contributed by atoms with E-state index < -0.39 is 48.2 Å². The van der Waals surface area contributed by atoms with Crippen molar-refractivity contribution in [2.24, 2.45) is 5.92 Å². The quantitative estimate of drug-likeness (QED) is 0.120. The van der Waals surface area contributed by atoms with E-state index in [2.05, 4.69) is 26.6 Å². The van der Waals surface area contributed by atoms with E-state index in [0.29, 0.717) is 37.0 Å². The molecule has 0 saturated carbocycles. The van der Waals surface area contributed by atoms with Crippen molar-refractivity contribution in [3.05, 3.63) is 96.1 Å². The number of aliphatic carboxylic acids is 1. The number of benzene rings is 3. The molecule has 2 unspecified atom stereocenters. The number of carbonyl (C=O) groups is 5. The molecule has 6 N–H and O–H groups in total. The van der Waals surface area contributed by atoms with Crippen LogP contribution < -0.4 is 26.6 Å². The maximum atomic E-state index is 13.6. The van der Waals surface area contributed by atoms with E-state index in [9.17, 15) is 29.1 Å². The van der Waals surface area contributed by atoms with Crippen molar-refractivity contribution in [3.63, 3.8) is 0 Å². The summed E-state index contributed by atoms with van der Waals surface area (Å²) in [5, 5.41) is 24.2. The number of morpholine rings is 1. The summed E-state index contributed by atoms with van der Waals surface area (Å²) in [6.07, 6.45) is -0.357. The van der Waals surface area contributed by atoms with Crippen molar-refractivity contribution < 1.29 is 33.8 Å². The summed E-state index contributed by atoms with van der Waals surface area (Å²) in [6, 6.07) is 22.1. The lowest BCUT2D eigenvalue weighted by molar-refractivity contribution is -0.142. The third kappa shape index (κ3) is 13.1. The Labute approximate surface area is 308 Å². The van der Waals surface area contributed by atoms with Gasteiger partial charge in [-0.2, -0.15) is 0 Å². The van der Waals surface area contributed by atoms with Crippen molar-refractivity contribution in [1.82, 2.24) is 20.9 Å². The molecule has 13 nitrogen and oxygen atoms in total. The number of anilines is 2. The Morgan fingerprint density at radius 3 is 1.88 bits per heavy atom. The van der Waals surface area contributed by atoms with Crippen molar-refractivity contribution in [3.8, 4) is 0 Å². The van der Waals surface area contributed by atoms with E-state index >= 15 is 0 Å². The standard InChI is InChI=1S/C38H46N6O7S/c1-25(2)21-30(41-33(45)23-27-13-15-29(16-14-27)40-38(52)39-28-11-7-4-8-12-28)35(48)42-31(24-34(46)47)36(49)43-32(22-26-9-5-3-6-10-26)37(50)44-17-19-51-20-18-44/h3-16,25,30-32H,17-24H2,1-2H3,(H,41,45)(H,42,48)(H,43,49)(H,46,47)(H2,39,40,52)/t30?,31-,32?/m0/s1. The number of nitrogens with zero attached hydrogens (tertiary/aromatic N) is 1. The molecule has 3 aromatic carbocycles. The summed E-state index contributed by atoms with van der Waals surface area (Å²) in [5.74, 6) is -3.63. The fraction of sp³-hybridized carbons (Fsp3) is 0.368. The number of carboxylic acid groups (broad SMARTS) is 1. The van der Waals surface area contributed by atoms with Crippen LogP contribution >= 0.6 is 12.2 Å². The van der Waals surface area contributed by atoms with Crippen LogP contribution in [0.1, 0.15) is 37.8 Å². The van der Waals surface area contributed by atoms with Crippen LogP contribution in [0.5, 0.6) is 0 Å². The Kier molecular flexibility index (Phi) is 15.1. The first-order valence-electron chi connectivity index (χ1n) is 17.2. The molecule has 0 radical (unpaired) electrons. The van der Waals surface area contributed by atoms with Gasteiger partial charge >= 0.3 is 5.97 Å². The van der Waals surface area contributed by atoms with Gasteiger partial charge in [-0.3, -0.25) is 24.0 Å². The Bertz CT molecular complexity index is 1670. The van der Waals surface area contributed by atoms with Crippen molar-refractivity contribution in [2.45, 2.75) is 57.7 Å². The molecule has 1 fully saturated rings. The minimum Gasteiger partial charge on any atom is -0.481 e. The second-order valence-electron chi connectivity index (χ2n) is 12.9. The van der Waals surface area contributed by atoms with Gasteiger partial charge in [0.25, 0.3) is 0 Å². The van der Waals surface area contributed by atoms with Gasteiger partial charge in [-0.05, 0) is 59.9 Å². The van der Waals surface area contributed by atoms with Gasteiger partial charge in [-0.25, -0.2) is 0 Å². The monoisotopic (exact) mass is 730 g/mol. The van der Waals surface area contributed by atoms with Crippen LogP contribution in [0, 0.1) is 5.92 Å². The molecule has 276 valence electrons. The third-order valence-electron chi connectivity index (χ3n) is 8.20. The Hall–Kier alpha value is -5.34. The number of nitrogens with one attached hydrogen (secondary N) is 5. The maximum Gasteiger partial charge on any atom is 0.305 e. The number of hydrogen-bond donors (Lipinski definition) is 6. The molecule has 3 aromatic rings. The van der Waals surface area contributed by atoms with Crippen LogP contribution in [-0.2, 0) is 41.6 Å². The molecule has 0 spiro atoms. The predicted octanol–water partition coefficient (Wildman–Crippen LogP) is 3.11. The predicted molar refractivity (Wildman–Crippen MR) is 201 cm³/mol. The first kappa shape index (κ1) is 39.4. The Morgan fingerprint density at radius 2 is 1.29 bits per heavy atom. The van der Waals surface area contributed by atoms with Gasteiger partial charge in [0.15, 0.2) is 5.11 Å². The highest BCUT2D eigenvalue weighted by molar-refractivity contribution is 7.80. The molecule has 1 heterocycles. The van der Waals surface area contributed by atoms with Crippen LogP contribution in [0.15, 0.2) is 84.9 Å². The number of para-hydroxylation sites is 1. The minimum absolute atomic E-state index is 0.0251. The number of hydrogen-bond acceptors (Lipinski definition) is 7. The lowest BCUT2D eigenvalue weighted by Gasteiger charge is -2.31. The fourth-order valence-corrected chi connectivity index (χ4v) is 5.87. The van der Waals surface area contributed by atoms with Gasteiger partial charge in [0.05, 0.1) is 26.1 Å². The fourth-order valence-electron chi connectivity index (χ4n) is 5.64. The van der Waals surface area contributed by atoms with Gasteiger partial charge in [0, 0.05) is 30.9 Å². The minimum atomic E-state index is -1.50. The number of ether oxygens (including phenoxy) is 1. The average Bonchev–Trinajstić information content (AvgIpc) is 3.12. The smallest absolute Gasteiger partial charge is 0.305 e. The Morgan fingerprint density at radius 1 is 0.731 bits per heavy atom. The molecular weight excluding hydrogens is 685 g/mol. The highest BCUT2D eigenvalue weighted by Crippen LogP contribution is 2.14. The number of carbonyl (C=O) groups excluding carboxylic acids is 4. The zero-order valence-corrected chi connectivity index (χ0v) is 30.1. The zero-order chi connectivity index (χ0) is 37.5. The van der Waals surface area contributed by atoms with E-state index in [-0.39, 0.29) is 31.1 Å². The molecular formula is C38H46N6O7S. The molecule has 1 saturated heterocycles. The Balaban J connectivity index is 1.39. The second-order valence-corrected chi connectivity index (χ2v) is 13.3. The summed E-state index contributed by atoms with van der Waals surface area (Å²) in [5.41, 5.74) is 3.04. The summed E-state index contributed by atoms with van der Waals surface area (Å²) < 4.78 is 5.37. The molecule has 3 atom stereocenters. The van der Waals surface area contributed by atoms with Crippen molar-refractivity contribution in [2.75, 3.05) is 36.9 Å². The summed E-state index contributed by atoms with van der Waals surface area (Å²) in [6.45, 7) is 5.19. The van der Waals surface area contributed by atoms with Crippen LogP contribution in [-0.4, -0.2) is 89.1 Å². The lowest BCUT2D eigenvalue weighted by Crippen LogP contribution is -2.58. The van der Waals surface area contributed by atoms with Crippen LogP contribution in [0.25, 0.3) is 0 Å². The van der Waals surface area contributed by atoms with E-state index in [1.54, 1.807) is 29.2 Å². The molecule has 0 bridgehead atoms. The maximum absolute atomic E-state index is 13.6. The van der Waals surface area contributed by atoms with E-state index in [4.69, 9.17) is 17.0 Å². The largest absolute Gasteiger partial charge is 0.481 e. The van der Waals surface area contributed by atoms with Crippen molar-refractivity contribution >= 4 is 58.3 Å². The van der Waals surface area contributed by atoms with Crippen LogP contribution in [0.4, 0.5) is 11.4 Å². The number of rotatable bonds is 16. The molecule has 52 heavy (non-hydrogen) atoms. The normalized spacial score (nSPS) is 14.3. The summed E-state index contributed by atoms with van der Waals surface area (Å²) >= 11 is 5.38. The van der Waals surface area contributed by atoms with Gasteiger partial charge in [0.2, 0.25) is 23.6 Å². The van der Waals surface area contributed by atoms with Crippen molar-refractivity contribution in [1.29, 1.82) is 0 Å². The highest BCUT2D eigenvalue weighted by atomic mass is 32.1. The third-order valence-corrected chi connectivity index (χ3v) is 8.40. The summed E-state index contributed by atoms with van der Waals surface area (Å²) in [4.78, 5) is 67.3. The van der Waals surface area contributed by atoms with Gasteiger partial charge in [-0.1, -0.05) is 74.5 Å². The number of thiocarbonyl (C=S) groups is 1. The second kappa shape index (κ2) is 19.9. The summed E-state index contributed by atoms with van der Waals surface area (Å²) in [7, 11) is 0. The molecule has 4 amide bonds. The highest BCUT2D eigenvalue weighted by Gasteiger charge is 2.33. The zero-order valence-electron chi connectivity index (χ0n) is 29.3. The molecule has 1 aliphatic rings. The van der Waals surface area contributed by atoms with Gasteiger partial charge in [0.1, 0.15) is 18.1 Å². The average molecular weight is 731 g/mol. The first-order chi connectivity index (χ1) is 25.0. The van der Waals surface area contributed by atoms with E-state index in [0.717, 1.165) is 16.9 Å².